The van der Waals surface area contributed by atoms with Gasteiger partial charge in [-0.05, 0) is 48.4 Å². The van der Waals surface area contributed by atoms with Gasteiger partial charge in [0.15, 0.2) is 11.5 Å². The van der Waals surface area contributed by atoms with Crippen LogP contribution in [-0.2, 0) is 13.1 Å². The molecule has 202 valence electrons. The smallest absolute Gasteiger partial charge is 0.332 e. The van der Waals surface area contributed by atoms with Gasteiger partial charge in [0.05, 0.1) is 38.2 Å². The highest BCUT2D eigenvalue weighted by Crippen LogP contribution is 2.30. The molecule has 0 saturated carbocycles. The Bertz CT molecular complexity index is 1790. The molecular weight excluding hydrogens is 506 g/mol. The van der Waals surface area contributed by atoms with Crippen molar-refractivity contribution in [2.45, 2.75) is 20.0 Å². The number of amides is 1. The zero-order valence-electron chi connectivity index (χ0n) is 22.5. The fourth-order valence-electron chi connectivity index (χ4n) is 4.58. The van der Waals surface area contributed by atoms with Crippen LogP contribution in [0.1, 0.15) is 27.0 Å². The van der Waals surface area contributed by atoms with E-state index in [2.05, 4.69) is 5.32 Å². The number of nitrogens with one attached hydrogen (secondary N) is 1. The number of carbonyl (C=O) groups excluding carboxylic acids is 1. The van der Waals surface area contributed by atoms with E-state index in [4.69, 9.17) is 9.47 Å². The van der Waals surface area contributed by atoms with Crippen molar-refractivity contribution in [3.8, 4) is 11.5 Å². The molecule has 0 aliphatic heterocycles. The van der Waals surface area contributed by atoms with Gasteiger partial charge in [0.25, 0.3) is 11.5 Å². The lowest BCUT2D eigenvalue weighted by molar-refractivity contribution is 0.102. The Morgan fingerprint density at radius 3 is 1.95 bits per heavy atom. The number of carbonyl (C=O) groups is 1. The third-order valence-electron chi connectivity index (χ3n) is 6.78. The monoisotopic (exact) mass is 535 g/mol. The molecule has 0 spiro atoms. The standard InChI is InChI=1S/C32H29N3O5/c1-21-9-11-22(12-10-21)19-34-27-18-29(40-3)28(39-2)17-26(27)31(37)35(32(34)38)20-23-13-15-24(16-14-23)30(36)33-25-7-5-4-6-8-25/h4-18H,19-20H2,1-3H3,(H,33,36). The highest BCUT2D eigenvalue weighted by molar-refractivity contribution is 6.04. The first-order chi connectivity index (χ1) is 19.4. The van der Waals surface area contributed by atoms with Gasteiger partial charge in [0.1, 0.15) is 0 Å². The second-order valence-electron chi connectivity index (χ2n) is 9.49. The minimum atomic E-state index is -0.448. The molecule has 0 fully saturated rings. The zero-order valence-corrected chi connectivity index (χ0v) is 22.5. The number of aryl methyl sites for hydroxylation is 1. The van der Waals surface area contributed by atoms with Gasteiger partial charge in [0.2, 0.25) is 0 Å². The lowest BCUT2D eigenvalue weighted by atomic mass is 10.1. The van der Waals surface area contributed by atoms with Crippen LogP contribution in [0.5, 0.6) is 11.5 Å². The minimum absolute atomic E-state index is 0.0381. The first-order valence-corrected chi connectivity index (χ1v) is 12.8. The highest BCUT2D eigenvalue weighted by atomic mass is 16.5. The summed E-state index contributed by atoms with van der Waals surface area (Å²) in [5, 5.41) is 3.19. The Balaban J connectivity index is 1.54. The number of para-hydroxylation sites is 1. The number of nitrogens with zero attached hydrogens (tertiary/aromatic N) is 2. The largest absolute Gasteiger partial charge is 0.493 e. The number of benzene rings is 4. The molecule has 0 radical (unpaired) electrons. The minimum Gasteiger partial charge on any atom is -0.493 e. The van der Waals surface area contributed by atoms with Crippen molar-refractivity contribution >= 4 is 22.5 Å². The predicted molar refractivity (Wildman–Crippen MR) is 156 cm³/mol. The fourth-order valence-corrected chi connectivity index (χ4v) is 4.58. The van der Waals surface area contributed by atoms with Gasteiger partial charge >= 0.3 is 5.69 Å². The normalized spacial score (nSPS) is 10.9. The number of aromatic nitrogens is 2. The average Bonchev–Trinajstić information content (AvgIpc) is 2.98. The van der Waals surface area contributed by atoms with Crippen LogP contribution in [0.15, 0.2) is 101 Å². The third kappa shape index (κ3) is 5.37. The molecule has 1 heterocycles. The molecule has 40 heavy (non-hydrogen) atoms. The Hall–Kier alpha value is -5.11. The number of hydrogen-bond acceptors (Lipinski definition) is 5. The maximum Gasteiger partial charge on any atom is 0.332 e. The molecule has 8 heteroatoms. The summed E-state index contributed by atoms with van der Waals surface area (Å²) in [6.45, 7) is 2.31. The Morgan fingerprint density at radius 1 is 0.750 bits per heavy atom. The molecule has 5 aromatic rings. The fraction of sp³-hybridized carbons (Fsp3) is 0.156. The second kappa shape index (κ2) is 11.3. The van der Waals surface area contributed by atoms with Gasteiger partial charge in [0, 0.05) is 17.3 Å². The highest BCUT2D eigenvalue weighted by Gasteiger charge is 2.18. The second-order valence-corrected chi connectivity index (χ2v) is 9.49. The van der Waals surface area contributed by atoms with E-state index in [1.54, 1.807) is 41.0 Å². The SMILES string of the molecule is COc1cc2c(=O)n(Cc3ccc(C(=O)Nc4ccccc4)cc3)c(=O)n(Cc3ccc(C)cc3)c2cc1OC. The Morgan fingerprint density at radius 2 is 1.32 bits per heavy atom. The molecule has 1 aromatic heterocycles. The molecule has 0 aliphatic carbocycles. The quantitative estimate of drug-likeness (QED) is 0.307. The first kappa shape index (κ1) is 26.5. The number of rotatable bonds is 8. The van der Waals surface area contributed by atoms with Gasteiger partial charge in [-0.25, -0.2) is 4.79 Å². The maximum atomic E-state index is 13.8. The molecule has 0 atom stereocenters. The van der Waals surface area contributed by atoms with E-state index in [-0.39, 0.29) is 19.0 Å². The first-order valence-electron chi connectivity index (χ1n) is 12.8. The van der Waals surface area contributed by atoms with Crippen molar-refractivity contribution in [3.63, 3.8) is 0 Å². The van der Waals surface area contributed by atoms with Crippen LogP contribution in [0.4, 0.5) is 5.69 Å². The van der Waals surface area contributed by atoms with E-state index < -0.39 is 11.2 Å². The van der Waals surface area contributed by atoms with E-state index in [1.165, 1.54) is 18.8 Å². The summed E-state index contributed by atoms with van der Waals surface area (Å²) in [6.07, 6.45) is 0. The van der Waals surface area contributed by atoms with E-state index in [0.29, 0.717) is 39.2 Å². The van der Waals surface area contributed by atoms with Crippen molar-refractivity contribution in [3.05, 3.63) is 134 Å². The average molecular weight is 536 g/mol. The van der Waals surface area contributed by atoms with Gasteiger partial charge in [-0.1, -0.05) is 60.2 Å². The van der Waals surface area contributed by atoms with Crippen molar-refractivity contribution in [2.24, 2.45) is 0 Å². The number of anilines is 1. The van der Waals surface area contributed by atoms with Gasteiger partial charge < -0.3 is 14.8 Å². The van der Waals surface area contributed by atoms with E-state index >= 15 is 0 Å². The molecule has 1 N–H and O–H groups in total. The summed E-state index contributed by atoms with van der Waals surface area (Å²) in [4.78, 5) is 40.1. The molecule has 8 nitrogen and oxygen atoms in total. The summed E-state index contributed by atoms with van der Waals surface area (Å²) >= 11 is 0. The van der Waals surface area contributed by atoms with Crippen LogP contribution in [0.2, 0.25) is 0 Å². The summed E-state index contributed by atoms with van der Waals surface area (Å²) in [7, 11) is 3.01. The predicted octanol–water partition coefficient (Wildman–Crippen LogP) is 4.84. The third-order valence-corrected chi connectivity index (χ3v) is 6.78. The maximum absolute atomic E-state index is 13.8. The van der Waals surface area contributed by atoms with Crippen LogP contribution in [-0.4, -0.2) is 29.3 Å². The number of ether oxygens (including phenoxy) is 2. The summed E-state index contributed by atoms with van der Waals surface area (Å²) < 4.78 is 13.7. The molecule has 0 aliphatic rings. The Kier molecular flexibility index (Phi) is 7.50. The van der Waals surface area contributed by atoms with Crippen LogP contribution in [0, 0.1) is 6.92 Å². The van der Waals surface area contributed by atoms with Crippen LogP contribution in [0.25, 0.3) is 10.9 Å². The molecule has 1 amide bonds. The molecule has 4 aromatic carbocycles. The van der Waals surface area contributed by atoms with Crippen molar-refractivity contribution in [1.82, 2.24) is 9.13 Å². The van der Waals surface area contributed by atoms with Crippen molar-refractivity contribution in [2.75, 3.05) is 19.5 Å². The van der Waals surface area contributed by atoms with Crippen molar-refractivity contribution in [1.29, 1.82) is 0 Å². The van der Waals surface area contributed by atoms with Gasteiger partial charge in [-0.2, -0.15) is 0 Å². The molecular formula is C32H29N3O5. The van der Waals surface area contributed by atoms with E-state index in [9.17, 15) is 14.4 Å². The molecule has 5 rings (SSSR count). The number of fused-ring (bicyclic) bond motifs is 1. The molecule has 0 unspecified atom stereocenters. The summed E-state index contributed by atoms with van der Waals surface area (Å²) in [5.74, 6) is 0.573. The zero-order chi connectivity index (χ0) is 28.2. The Labute approximate surface area is 231 Å². The van der Waals surface area contributed by atoms with Crippen LogP contribution < -0.4 is 26.0 Å². The number of methoxy groups -OCH3 is 2. The van der Waals surface area contributed by atoms with Crippen molar-refractivity contribution < 1.29 is 14.3 Å². The van der Waals surface area contributed by atoms with Gasteiger partial charge in [-0.3, -0.25) is 18.7 Å². The lowest BCUT2D eigenvalue weighted by Crippen LogP contribution is -2.40. The summed E-state index contributed by atoms with van der Waals surface area (Å²) in [6, 6.07) is 27.2. The summed E-state index contributed by atoms with van der Waals surface area (Å²) in [5.41, 5.74) is 3.46. The van der Waals surface area contributed by atoms with Crippen LogP contribution in [0.3, 0.4) is 0 Å². The van der Waals surface area contributed by atoms with E-state index in [1.807, 2.05) is 61.5 Å². The topological polar surface area (TPSA) is 91.6 Å². The molecule has 0 bridgehead atoms. The van der Waals surface area contributed by atoms with Gasteiger partial charge in [-0.15, -0.1) is 0 Å². The van der Waals surface area contributed by atoms with Crippen LogP contribution >= 0.6 is 0 Å². The number of hydrogen-bond donors (Lipinski definition) is 1. The molecule has 0 saturated heterocycles. The lowest BCUT2D eigenvalue weighted by Gasteiger charge is -2.17. The van der Waals surface area contributed by atoms with E-state index in [0.717, 1.165) is 11.1 Å².